The van der Waals surface area contributed by atoms with Crippen molar-refractivity contribution < 1.29 is 9.18 Å². The van der Waals surface area contributed by atoms with E-state index >= 15 is 0 Å². The van der Waals surface area contributed by atoms with Gasteiger partial charge < -0.3 is 10.6 Å². The zero-order valence-electron chi connectivity index (χ0n) is 18.5. The number of aromatic nitrogens is 2. The van der Waals surface area contributed by atoms with Gasteiger partial charge in [-0.3, -0.25) is 14.2 Å². The quantitative estimate of drug-likeness (QED) is 0.354. The number of nitrogens with one attached hydrogen (secondary N) is 2. The fraction of sp³-hybridized carbons (Fsp3) is 0.160. The first-order chi connectivity index (χ1) is 16.4. The highest BCUT2D eigenvalue weighted by molar-refractivity contribution is 7.15. The third kappa shape index (κ3) is 5.09. The molecular formula is C25H22ClFN4O2S. The summed E-state index contributed by atoms with van der Waals surface area (Å²) in [5.74, 6) is -1.17. The molecule has 34 heavy (non-hydrogen) atoms. The number of hydrogen-bond acceptors (Lipinski definition) is 5. The zero-order valence-corrected chi connectivity index (χ0v) is 20.1. The van der Waals surface area contributed by atoms with E-state index in [1.165, 1.54) is 36.7 Å². The Morgan fingerprint density at radius 3 is 2.79 bits per heavy atom. The molecule has 1 aromatic carbocycles. The molecule has 0 aliphatic heterocycles. The molecule has 0 saturated heterocycles. The van der Waals surface area contributed by atoms with Crippen molar-refractivity contribution in [3.05, 3.63) is 104 Å². The van der Waals surface area contributed by atoms with E-state index < -0.39 is 11.5 Å². The molecule has 2 N–H and O–H groups in total. The van der Waals surface area contributed by atoms with Crippen LogP contribution >= 0.6 is 22.9 Å². The first-order valence-corrected chi connectivity index (χ1v) is 11.7. The van der Waals surface area contributed by atoms with E-state index in [-0.39, 0.29) is 23.2 Å². The van der Waals surface area contributed by atoms with Gasteiger partial charge in [-0.2, -0.15) is 4.39 Å². The van der Waals surface area contributed by atoms with E-state index in [2.05, 4.69) is 15.6 Å². The number of thiophene rings is 1. The summed E-state index contributed by atoms with van der Waals surface area (Å²) in [7, 11) is 1.89. The molecule has 0 aliphatic carbocycles. The number of nitrogens with zero attached hydrogens (tertiary/aromatic N) is 2. The molecule has 6 nitrogen and oxygen atoms in total. The number of halogens is 2. The minimum Gasteiger partial charge on any atom is -0.345 e. The summed E-state index contributed by atoms with van der Waals surface area (Å²) in [5.41, 5.74) is 1.93. The lowest BCUT2D eigenvalue weighted by Crippen LogP contribution is -2.28. The van der Waals surface area contributed by atoms with Gasteiger partial charge in [0.05, 0.1) is 11.6 Å². The molecule has 0 saturated carbocycles. The number of pyridine rings is 2. The van der Waals surface area contributed by atoms with Gasteiger partial charge in [0.25, 0.3) is 11.5 Å². The summed E-state index contributed by atoms with van der Waals surface area (Å²) in [6.45, 7) is 2.59. The fourth-order valence-electron chi connectivity index (χ4n) is 3.57. The summed E-state index contributed by atoms with van der Waals surface area (Å²) in [6, 6.07) is 15.1. The van der Waals surface area contributed by atoms with Crippen LogP contribution in [0.5, 0.6) is 0 Å². The molecule has 1 amide bonds. The summed E-state index contributed by atoms with van der Waals surface area (Å²) < 4.78 is 15.2. The molecular weight excluding hydrogens is 475 g/mol. The van der Waals surface area contributed by atoms with Crippen molar-refractivity contribution in [1.29, 1.82) is 0 Å². The van der Waals surface area contributed by atoms with Crippen molar-refractivity contribution in [3.63, 3.8) is 0 Å². The number of rotatable bonds is 7. The molecule has 3 aromatic heterocycles. The predicted octanol–water partition coefficient (Wildman–Crippen LogP) is 4.96. The normalized spacial score (nSPS) is 11.9. The standard InChI is InChI=1S/C25H22ClFN4O2S/c1-15(21-8-9-22(34-21)19-12-18(26)7-5-16(19)13-28-2)30-25(33)17-6-10-23(32)31(14-17)20-4-3-11-29-24(20)27/h3-12,14-15,28H,13H2,1-2H3,(H,30,33)/t15-/m1/s1. The molecule has 0 aliphatic rings. The van der Waals surface area contributed by atoms with Crippen LogP contribution < -0.4 is 16.2 Å². The number of hydrogen-bond donors (Lipinski definition) is 2. The number of amides is 1. The van der Waals surface area contributed by atoms with Crippen LogP contribution in [0.15, 0.2) is 71.8 Å². The Morgan fingerprint density at radius 2 is 2.03 bits per heavy atom. The van der Waals surface area contributed by atoms with Gasteiger partial charge in [0.1, 0.15) is 5.69 Å². The van der Waals surface area contributed by atoms with E-state index in [1.54, 1.807) is 11.3 Å². The molecule has 3 heterocycles. The van der Waals surface area contributed by atoms with Gasteiger partial charge in [-0.25, -0.2) is 4.98 Å². The lowest BCUT2D eigenvalue weighted by Gasteiger charge is -2.14. The van der Waals surface area contributed by atoms with Gasteiger partial charge >= 0.3 is 0 Å². The molecule has 1 atom stereocenters. The maximum absolute atomic E-state index is 14.1. The topological polar surface area (TPSA) is 76.0 Å². The molecule has 0 unspecified atom stereocenters. The van der Waals surface area contributed by atoms with Gasteiger partial charge in [0.15, 0.2) is 0 Å². The predicted molar refractivity (Wildman–Crippen MR) is 133 cm³/mol. The van der Waals surface area contributed by atoms with Crippen molar-refractivity contribution in [2.24, 2.45) is 0 Å². The van der Waals surface area contributed by atoms with E-state index in [1.807, 2.05) is 44.3 Å². The summed E-state index contributed by atoms with van der Waals surface area (Å²) in [4.78, 5) is 30.7. The van der Waals surface area contributed by atoms with E-state index in [4.69, 9.17) is 11.6 Å². The molecule has 0 radical (unpaired) electrons. The Morgan fingerprint density at radius 1 is 1.21 bits per heavy atom. The Kier molecular flexibility index (Phi) is 7.21. The summed E-state index contributed by atoms with van der Waals surface area (Å²) in [6.07, 6.45) is 2.61. The maximum Gasteiger partial charge on any atom is 0.255 e. The third-order valence-electron chi connectivity index (χ3n) is 5.28. The highest BCUT2D eigenvalue weighted by Gasteiger charge is 2.17. The average Bonchev–Trinajstić information content (AvgIpc) is 3.31. The van der Waals surface area contributed by atoms with Crippen LogP contribution in [0.2, 0.25) is 5.02 Å². The number of carbonyl (C=O) groups is 1. The van der Waals surface area contributed by atoms with Gasteiger partial charge in [-0.1, -0.05) is 17.7 Å². The third-order valence-corrected chi connectivity index (χ3v) is 6.81. The summed E-state index contributed by atoms with van der Waals surface area (Å²) in [5, 5.41) is 6.77. The van der Waals surface area contributed by atoms with Gasteiger partial charge in [0.2, 0.25) is 5.95 Å². The van der Waals surface area contributed by atoms with E-state index in [9.17, 15) is 14.0 Å². The number of carbonyl (C=O) groups excluding carboxylic acids is 1. The lowest BCUT2D eigenvalue weighted by molar-refractivity contribution is 0.0940. The highest BCUT2D eigenvalue weighted by atomic mass is 35.5. The first-order valence-electron chi connectivity index (χ1n) is 10.5. The minimum atomic E-state index is -0.791. The van der Waals surface area contributed by atoms with Crippen molar-refractivity contribution in [2.75, 3.05) is 7.05 Å². The molecule has 9 heteroatoms. The zero-order chi connectivity index (χ0) is 24.2. The minimum absolute atomic E-state index is 0.0167. The lowest BCUT2D eigenvalue weighted by atomic mass is 10.1. The van der Waals surface area contributed by atoms with Crippen LogP contribution in [-0.2, 0) is 6.54 Å². The monoisotopic (exact) mass is 496 g/mol. The Balaban J connectivity index is 1.55. The van der Waals surface area contributed by atoms with Gasteiger partial charge in [0, 0.05) is 39.8 Å². The molecule has 174 valence electrons. The second kappa shape index (κ2) is 10.3. The second-order valence-electron chi connectivity index (χ2n) is 7.67. The van der Waals surface area contributed by atoms with E-state index in [0.717, 1.165) is 25.4 Å². The number of benzene rings is 1. The molecule has 0 bridgehead atoms. The highest BCUT2D eigenvalue weighted by Crippen LogP contribution is 2.35. The Hall–Kier alpha value is -3.33. The van der Waals surface area contributed by atoms with Crippen LogP contribution in [0, 0.1) is 5.95 Å². The van der Waals surface area contributed by atoms with Crippen LogP contribution in [0.3, 0.4) is 0 Å². The van der Waals surface area contributed by atoms with Gasteiger partial charge in [-0.05, 0) is 67.6 Å². The second-order valence-corrected chi connectivity index (χ2v) is 9.22. The van der Waals surface area contributed by atoms with Crippen LogP contribution in [0.4, 0.5) is 4.39 Å². The average molecular weight is 497 g/mol. The van der Waals surface area contributed by atoms with E-state index in [0.29, 0.717) is 11.6 Å². The summed E-state index contributed by atoms with van der Waals surface area (Å²) >= 11 is 7.80. The van der Waals surface area contributed by atoms with Gasteiger partial charge in [-0.15, -0.1) is 11.3 Å². The van der Waals surface area contributed by atoms with Crippen molar-refractivity contribution in [2.45, 2.75) is 19.5 Å². The maximum atomic E-state index is 14.1. The van der Waals surface area contributed by atoms with Crippen molar-refractivity contribution >= 4 is 28.8 Å². The Labute approximate surface area is 205 Å². The molecule has 4 rings (SSSR count). The molecule has 0 fully saturated rings. The molecule has 0 spiro atoms. The van der Waals surface area contributed by atoms with Crippen molar-refractivity contribution in [1.82, 2.24) is 20.2 Å². The van der Waals surface area contributed by atoms with Crippen LogP contribution in [-0.4, -0.2) is 22.5 Å². The largest absolute Gasteiger partial charge is 0.345 e. The van der Waals surface area contributed by atoms with Crippen LogP contribution in [0.25, 0.3) is 16.1 Å². The van der Waals surface area contributed by atoms with Crippen LogP contribution in [0.1, 0.15) is 33.8 Å². The van der Waals surface area contributed by atoms with Crippen molar-refractivity contribution in [3.8, 4) is 16.1 Å². The molecule has 4 aromatic rings. The SMILES string of the molecule is CNCc1ccc(Cl)cc1-c1ccc([C@@H](C)NC(=O)c2ccc(=O)n(-c3cccnc3F)c2)s1. The smallest absolute Gasteiger partial charge is 0.255 e. The first kappa shape index (κ1) is 23.8. The fourth-order valence-corrected chi connectivity index (χ4v) is 4.80. The Bertz CT molecular complexity index is 1400.